The lowest BCUT2D eigenvalue weighted by atomic mass is 10.0. The maximum Gasteiger partial charge on any atom is 0.407 e. The van der Waals surface area contributed by atoms with Crippen LogP contribution in [-0.4, -0.2) is 19.8 Å². The Morgan fingerprint density at radius 1 is 0.929 bits per heavy atom. The van der Waals surface area contributed by atoms with Gasteiger partial charge in [-0.05, 0) is 72.1 Å². The third-order valence-corrected chi connectivity index (χ3v) is 4.39. The first-order chi connectivity index (χ1) is 13.6. The standard InChI is InChI=1S/C23H25NO4/c1-4-13-27-20-9-11-21(12-10-20)28-22-8-7-18-14-17(5-6-19(18)15-22)16(2)24-23(25)26-3/h5-12,14-16H,4,13H2,1-3H3,(H,24,25). The van der Waals surface area contributed by atoms with E-state index in [0.717, 1.165) is 40.0 Å². The Morgan fingerprint density at radius 3 is 2.29 bits per heavy atom. The fourth-order valence-corrected chi connectivity index (χ4v) is 2.85. The molecule has 1 atom stereocenters. The SMILES string of the molecule is CCCOc1ccc(Oc2ccc3cc(C(C)NC(=O)OC)ccc3c2)cc1. The number of rotatable bonds is 7. The second-order valence-electron chi connectivity index (χ2n) is 6.55. The number of nitrogens with one attached hydrogen (secondary N) is 1. The van der Waals surface area contributed by atoms with Crippen LogP contribution in [0.4, 0.5) is 4.79 Å². The average molecular weight is 379 g/mol. The van der Waals surface area contributed by atoms with E-state index in [4.69, 9.17) is 9.47 Å². The number of methoxy groups -OCH3 is 1. The minimum atomic E-state index is -0.442. The zero-order valence-electron chi connectivity index (χ0n) is 16.4. The molecule has 1 unspecified atom stereocenters. The van der Waals surface area contributed by atoms with Gasteiger partial charge < -0.3 is 19.5 Å². The van der Waals surface area contributed by atoms with Crippen LogP contribution in [0, 0.1) is 0 Å². The molecule has 0 spiro atoms. The van der Waals surface area contributed by atoms with Crippen molar-refractivity contribution in [2.45, 2.75) is 26.3 Å². The van der Waals surface area contributed by atoms with Crippen LogP contribution in [0.15, 0.2) is 60.7 Å². The van der Waals surface area contributed by atoms with E-state index in [1.165, 1.54) is 7.11 Å². The molecule has 3 aromatic carbocycles. The molecule has 0 aliphatic carbocycles. The highest BCUT2D eigenvalue weighted by Crippen LogP contribution is 2.28. The molecular weight excluding hydrogens is 354 g/mol. The second kappa shape index (κ2) is 9.13. The summed E-state index contributed by atoms with van der Waals surface area (Å²) in [7, 11) is 1.36. The zero-order chi connectivity index (χ0) is 19.9. The van der Waals surface area contributed by atoms with Crippen molar-refractivity contribution in [2.24, 2.45) is 0 Å². The lowest BCUT2D eigenvalue weighted by Crippen LogP contribution is -2.26. The van der Waals surface area contributed by atoms with E-state index >= 15 is 0 Å². The number of carbonyl (C=O) groups excluding carboxylic acids is 1. The molecule has 1 N–H and O–H groups in total. The predicted octanol–water partition coefficient (Wildman–Crippen LogP) is 5.84. The Hall–Kier alpha value is -3.21. The fourth-order valence-electron chi connectivity index (χ4n) is 2.85. The van der Waals surface area contributed by atoms with Gasteiger partial charge in [0, 0.05) is 0 Å². The smallest absolute Gasteiger partial charge is 0.407 e. The molecule has 146 valence electrons. The summed E-state index contributed by atoms with van der Waals surface area (Å²) in [4.78, 5) is 11.4. The highest BCUT2D eigenvalue weighted by Gasteiger charge is 2.10. The van der Waals surface area contributed by atoms with Crippen molar-refractivity contribution in [3.8, 4) is 17.2 Å². The Morgan fingerprint density at radius 2 is 1.57 bits per heavy atom. The molecule has 0 fully saturated rings. The van der Waals surface area contributed by atoms with Crippen LogP contribution in [0.1, 0.15) is 31.9 Å². The first kappa shape index (κ1) is 19.5. The molecule has 0 saturated carbocycles. The summed E-state index contributed by atoms with van der Waals surface area (Å²) >= 11 is 0. The van der Waals surface area contributed by atoms with Gasteiger partial charge in [0.1, 0.15) is 17.2 Å². The van der Waals surface area contributed by atoms with E-state index in [-0.39, 0.29) is 6.04 Å². The number of fused-ring (bicyclic) bond motifs is 1. The van der Waals surface area contributed by atoms with Crippen molar-refractivity contribution < 1.29 is 19.0 Å². The Balaban J connectivity index is 1.72. The first-order valence-corrected chi connectivity index (χ1v) is 9.38. The fraction of sp³-hybridized carbons (Fsp3) is 0.261. The lowest BCUT2D eigenvalue weighted by Gasteiger charge is -2.14. The van der Waals surface area contributed by atoms with Crippen molar-refractivity contribution in [1.29, 1.82) is 0 Å². The summed E-state index contributed by atoms with van der Waals surface area (Å²) in [6, 6.07) is 19.5. The Bertz CT molecular complexity index is 937. The van der Waals surface area contributed by atoms with Gasteiger partial charge in [0.05, 0.1) is 19.8 Å². The van der Waals surface area contributed by atoms with Gasteiger partial charge in [-0.1, -0.05) is 25.1 Å². The monoisotopic (exact) mass is 379 g/mol. The van der Waals surface area contributed by atoms with Crippen LogP contribution in [0.2, 0.25) is 0 Å². The van der Waals surface area contributed by atoms with Crippen molar-refractivity contribution in [3.05, 3.63) is 66.2 Å². The van der Waals surface area contributed by atoms with Crippen molar-refractivity contribution >= 4 is 16.9 Å². The third-order valence-electron chi connectivity index (χ3n) is 4.39. The average Bonchev–Trinajstić information content (AvgIpc) is 2.72. The molecule has 5 heteroatoms. The van der Waals surface area contributed by atoms with Gasteiger partial charge in [0.2, 0.25) is 0 Å². The molecular formula is C23H25NO4. The number of hydrogen-bond donors (Lipinski definition) is 1. The van der Waals surface area contributed by atoms with Gasteiger partial charge in [-0.3, -0.25) is 0 Å². The van der Waals surface area contributed by atoms with Crippen LogP contribution in [-0.2, 0) is 4.74 Å². The maximum absolute atomic E-state index is 11.4. The van der Waals surface area contributed by atoms with Gasteiger partial charge in [0.15, 0.2) is 0 Å². The summed E-state index contributed by atoms with van der Waals surface area (Å²) in [5.41, 5.74) is 1.01. The van der Waals surface area contributed by atoms with Gasteiger partial charge in [-0.2, -0.15) is 0 Å². The number of carbonyl (C=O) groups is 1. The highest BCUT2D eigenvalue weighted by atomic mass is 16.5. The molecule has 0 aromatic heterocycles. The normalized spacial score (nSPS) is 11.7. The van der Waals surface area contributed by atoms with Gasteiger partial charge in [0.25, 0.3) is 0 Å². The number of benzene rings is 3. The molecule has 28 heavy (non-hydrogen) atoms. The maximum atomic E-state index is 11.4. The molecule has 0 heterocycles. The molecule has 0 aliphatic heterocycles. The Kier molecular flexibility index (Phi) is 6.37. The van der Waals surface area contributed by atoms with E-state index in [9.17, 15) is 4.79 Å². The summed E-state index contributed by atoms with van der Waals surface area (Å²) in [5, 5.41) is 4.92. The topological polar surface area (TPSA) is 56.8 Å². The van der Waals surface area contributed by atoms with Crippen LogP contribution >= 0.6 is 0 Å². The summed E-state index contributed by atoms with van der Waals surface area (Å²) in [6.07, 6.45) is 0.539. The second-order valence-corrected chi connectivity index (χ2v) is 6.55. The predicted molar refractivity (Wildman–Crippen MR) is 110 cm³/mol. The third kappa shape index (κ3) is 4.94. The minimum absolute atomic E-state index is 0.138. The number of ether oxygens (including phenoxy) is 3. The van der Waals surface area contributed by atoms with E-state index < -0.39 is 6.09 Å². The van der Waals surface area contributed by atoms with E-state index in [2.05, 4.69) is 23.0 Å². The van der Waals surface area contributed by atoms with E-state index in [1.807, 2.05) is 61.5 Å². The molecule has 0 aliphatic rings. The summed E-state index contributed by atoms with van der Waals surface area (Å²) < 4.78 is 16.2. The van der Waals surface area contributed by atoms with Crippen molar-refractivity contribution in [3.63, 3.8) is 0 Å². The molecule has 3 aromatic rings. The summed E-state index contributed by atoms with van der Waals surface area (Å²) in [5.74, 6) is 2.37. The molecule has 0 radical (unpaired) electrons. The van der Waals surface area contributed by atoms with Gasteiger partial charge in [-0.15, -0.1) is 0 Å². The van der Waals surface area contributed by atoms with Crippen LogP contribution in [0.5, 0.6) is 17.2 Å². The van der Waals surface area contributed by atoms with Crippen LogP contribution in [0.3, 0.4) is 0 Å². The minimum Gasteiger partial charge on any atom is -0.494 e. The van der Waals surface area contributed by atoms with Crippen LogP contribution in [0.25, 0.3) is 10.8 Å². The van der Waals surface area contributed by atoms with Crippen molar-refractivity contribution in [2.75, 3.05) is 13.7 Å². The number of alkyl carbamates (subject to hydrolysis) is 1. The van der Waals surface area contributed by atoms with Gasteiger partial charge >= 0.3 is 6.09 Å². The quantitative estimate of drug-likeness (QED) is 0.560. The van der Waals surface area contributed by atoms with Crippen LogP contribution < -0.4 is 14.8 Å². The molecule has 5 nitrogen and oxygen atoms in total. The number of amides is 1. The number of hydrogen-bond acceptors (Lipinski definition) is 4. The molecule has 1 amide bonds. The van der Waals surface area contributed by atoms with E-state index in [0.29, 0.717) is 6.61 Å². The zero-order valence-corrected chi connectivity index (χ0v) is 16.4. The van der Waals surface area contributed by atoms with Crippen molar-refractivity contribution in [1.82, 2.24) is 5.32 Å². The lowest BCUT2D eigenvalue weighted by molar-refractivity contribution is 0.167. The van der Waals surface area contributed by atoms with Gasteiger partial charge in [-0.25, -0.2) is 4.79 Å². The molecule has 3 rings (SSSR count). The summed E-state index contributed by atoms with van der Waals surface area (Å²) in [6.45, 7) is 4.71. The highest BCUT2D eigenvalue weighted by molar-refractivity contribution is 5.84. The molecule has 0 bridgehead atoms. The molecule has 0 saturated heterocycles. The largest absolute Gasteiger partial charge is 0.494 e. The Labute approximate surface area is 165 Å². The van der Waals surface area contributed by atoms with E-state index in [1.54, 1.807) is 0 Å². The first-order valence-electron chi connectivity index (χ1n) is 9.38.